The Bertz CT molecular complexity index is 1070. The zero-order valence-electron chi connectivity index (χ0n) is 15.6. The van der Waals surface area contributed by atoms with Crippen LogP contribution in [0.1, 0.15) is 28.9 Å². The molecule has 3 aromatic rings. The molecule has 2 N–H and O–H groups in total. The molecule has 0 bridgehead atoms. The number of hydrogen-bond donors (Lipinski definition) is 2. The van der Waals surface area contributed by atoms with Crippen LogP contribution in [-0.4, -0.2) is 21.6 Å². The lowest BCUT2D eigenvalue weighted by molar-refractivity contribution is -0.142. The zero-order valence-corrected chi connectivity index (χ0v) is 15.6. The van der Waals surface area contributed by atoms with Crippen LogP contribution in [0, 0.1) is 5.92 Å². The molecule has 9 heteroatoms. The molecular weight excluding hydrogens is 397 g/mol. The number of nitrogens with one attached hydrogen (secondary N) is 2. The van der Waals surface area contributed by atoms with E-state index in [0.717, 1.165) is 29.8 Å². The van der Waals surface area contributed by atoms with Crippen molar-refractivity contribution in [1.29, 1.82) is 0 Å². The molecule has 4 rings (SSSR count). The summed E-state index contributed by atoms with van der Waals surface area (Å²) in [4.78, 5) is 24.2. The van der Waals surface area contributed by atoms with Crippen molar-refractivity contribution in [1.82, 2.24) is 9.78 Å². The normalized spacial score (nSPS) is 13.7. The van der Waals surface area contributed by atoms with Crippen molar-refractivity contribution in [3.8, 4) is 5.69 Å². The summed E-state index contributed by atoms with van der Waals surface area (Å²) in [7, 11) is 0. The highest BCUT2D eigenvalue weighted by atomic mass is 19.4. The van der Waals surface area contributed by atoms with Crippen LogP contribution in [0.4, 0.5) is 24.5 Å². The fourth-order valence-corrected chi connectivity index (χ4v) is 2.91. The lowest BCUT2D eigenvalue weighted by atomic mass is 10.2. The molecule has 2 aromatic carbocycles. The fourth-order valence-electron chi connectivity index (χ4n) is 2.91. The van der Waals surface area contributed by atoms with Crippen molar-refractivity contribution >= 4 is 23.2 Å². The van der Waals surface area contributed by atoms with Crippen LogP contribution in [0.5, 0.6) is 0 Å². The highest BCUT2D eigenvalue weighted by Gasteiger charge is 2.35. The largest absolute Gasteiger partial charge is 0.433 e. The molecule has 1 saturated carbocycles. The van der Waals surface area contributed by atoms with Gasteiger partial charge < -0.3 is 10.6 Å². The van der Waals surface area contributed by atoms with Crippen LogP contribution in [0.2, 0.25) is 0 Å². The third-order valence-corrected chi connectivity index (χ3v) is 4.67. The number of carbonyl (C=O) groups is 2. The topological polar surface area (TPSA) is 76.0 Å². The minimum Gasteiger partial charge on any atom is -0.326 e. The molecule has 0 atom stereocenters. The average molecular weight is 414 g/mol. The second kappa shape index (κ2) is 7.66. The van der Waals surface area contributed by atoms with E-state index in [1.54, 1.807) is 24.3 Å². The maximum Gasteiger partial charge on any atom is 0.433 e. The van der Waals surface area contributed by atoms with Gasteiger partial charge in [-0.1, -0.05) is 0 Å². The first kappa shape index (κ1) is 19.7. The summed E-state index contributed by atoms with van der Waals surface area (Å²) in [6, 6.07) is 13.2. The van der Waals surface area contributed by atoms with E-state index in [1.165, 1.54) is 24.3 Å². The van der Waals surface area contributed by atoms with E-state index in [0.29, 0.717) is 16.9 Å². The summed E-state index contributed by atoms with van der Waals surface area (Å²) in [5.74, 6) is -0.305. The summed E-state index contributed by atoms with van der Waals surface area (Å²) in [5.41, 5.74) is 0.771. The molecule has 30 heavy (non-hydrogen) atoms. The summed E-state index contributed by atoms with van der Waals surface area (Å²) in [6.45, 7) is 0. The maximum atomic E-state index is 13.0. The molecule has 0 spiro atoms. The van der Waals surface area contributed by atoms with E-state index in [4.69, 9.17) is 0 Å². The summed E-state index contributed by atoms with van der Waals surface area (Å²) >= 11 is 0. The predicted molar refractivity (Wildman–Crippen MR) is 104 cm³/mol. The molecule has 1 fully saturated rings. The van der Waals surface area contributed by atoms with Crippen LogP contribution >= 0.6 is 0 Å². The van der Waals surface area contributed by atoms with Gasteiger partial charge >= 0.3 is 6.18 Å². The number of halogens is 3. The Morgan fingerprint density at radius 3 is 2.10 bits per heavy atom. The second-order valence-electron chi connectivity index (χ2n) is 6.97. The van der Waals surface area contributed by atoms with Crippen LogP contribution in [0.15, 0.2) is 60.8 Å². The minimum atomic E-state index is -4.52. The molecule has 0 aliphatic heterocycles. The molecule has 6 nitrogen and oxygen atoms in total. The van der Waals surface area contributed by atoms with Gasteiger partial charge in [0.1, 0.15) is 5.69 Å². The molecule has 2 amide bonds. The maximum absolute atomic E-state index is 13.0. The van der Waals surface area contributed by atoms with Gasteiger partial charge in [0.15, 0.2) is 0 Å². The summed E-state index contributed by atoms with van der Waals surface area (Å²) in [5, 5.41) is 9.20. The zero-order chi connectivity index (χ0) is 21.3. The lowest BCUT2D eigenvalue weighted by Gasteiger charge is -2.11. The Hall–Kier alpha value is -3.62. The van der Waals surface area contributed by atoms with E-state index in [-0.39, 0.29) is 23.4 Å². The van der Waals surface area contributed by atoms with Gasteiger partial charge in [0.25, 0.3) is 5.91 Å². The van der Waals surface area contributed by atoms with Crippen molar-refractivity contribution in [2.75, 3.05) is 10.6 Å². The first-order valence-electron chi connectivity index (χ1n) is 9.25. The first-order valence-corrected chi connectivity index (χ1v) is 9.25. The molecule has 1 heterocycles. The molecule has 0 saturated heterocycles. The van der Waals surface area contributed by atoms with Gasteiger partial charge in [-0.25, -0.2) is 4.68 Å². The highest BCUT2D eigenvalue weighted by Crippen LogP contribution is 2.31. The molecule has 0 radical (unpaired) electrons. The smallest absolute Gasteiger partial charge is 0.326 e. The van der Waals surface area contributed by atoms with Gasteiger partial charge in [0, 0.05) is 22.9 Å². The fraction of sp³-hybridized carbons (Fsp3) is 0.190. The van der Waals surface area contributed by atoms with Crippen LogP contribution in [0.3, 0.4) is 0 Å². The van der Waals surface area contributed by atoms with Gasteiger partial charge in [-0.15, -0.1) is 0 Å². The van der Waals surface area contributed by atoms with Crippen molar-refractivity contribution in [2.24, 2.45) is 5.92 Å². The average Bonchev–Trinajstić information content (AvgIpc) is 3.44. The van der Waals surface area contributed by atoms with Crippen molar-refractivity contribution in [2.45, 2.75) is 19.0 Å². The molecule has 1 aromatic heterocycles. The number of rotatable bonds is 5. The third kappa shape index (κ3) is 4.35. The van der Waals surface area contributed by atoms with Crippen molar-refractivity contribution in [3.05, 3.63) is 72.1 Å². The molecule has 1 aliphatic carbocycles. The Morgan fingerprint density at radius 1 is 0.900 bits per heavy atom. The number of anilines is 2. The second-order valence-corrected chi connectivity index (χ2v) is 6.97. The Balaban J connectivity index is 1.41. The van der Waals surface area contributed by atoms with E-state index in [9.17, 15) is 22.8 Å². The minimum absolute atomic E-state index is 0.0156. The number of amides is 2. The number of carbonyl (C=O) groups excluding carboxylic acids is 2. The van der Waals surface area contributed by atoms with Gasteiger partial charge in [0.05, 0.1) is 11.9 Å². The van der Waals surface area contributed by atoms with Crippen molar-refractivity contribution < 1.29 is 22.8 Å². The number of alkyl halides is 3. The van der Waals surface area contributed by atoms with E-state index < -0.39 is 11.9 Å². The number of aromatic nitrogens is 2. The van der Waals surface area contributed by atoms with E-state index in [2.05, 4.69) is 15.7 Å². The molecule has 0 unspecified atom stereocenters. The van der Waals surface area contributed by atoms with Gasteiger partial charge in [-0.05, 0) is 67.4 Å². The summed E-state index contributed by atoms with van der Waals surface area (Å²) in [6.07, 6.45) is -1.63. The van der Waals surface area contributed by atoms with Crippen molar-refractivity contribution in [3.63, 3.8) is 0 Å². The number of nitrogens with zero attached hydrogens (tertiary/aromatic N) is 2. The SMILES string of the molecule is O=C(Nc1ccc(-n2nccc2C(F)(F)F)cc1)c1ccc(NC(=O)C2CC2)cc1. The van der Waals surface area contributed by atoms with E-state index >= 15 is 0 Å². The Morgan fingerprint density at radius 2 is 1.50 bits per heavy atom. The van der Waals surface area contributed by atoms with Gasteiger partial charge in [0.2, 0.25) is 5.91 Å². The Kier molecular flexibility index (Phi) is 5.03. The first-order chi connectivity index (χ1) is 14.3. The third-order valence-electron chi connectivity index (χ3n) is 4.67. The van der Waals surface area contributed by atoms with Crippen LogP contribution < -0.4 is 10.6 Å². The molecular formula is C21H17F3N4O2. The lowest BCUT2D eigenvalue weighted by Crippen LogP contribution is -2.15. The standard InChI is InChI=1S/C21H17F3N4O2/c22-21(23,24)18-11-12-25-28(18)17-9-7-16(8-10-17)27-20(30)14-3-5-15(6-4-14)26-19(29)13-1-2-13/h3-13H,1-2H2,(H,26,29)(H,27,30). The number of benzene rings is 2. The highest BCUT2D eigenvalue weighted by molar-refractivity contribution is 6.04. The van der Waals surface area contributed by atoms with Crippen LogP contribution in [-0.2, 0) is 11.0 Å². The van der Waals surface area contributed by atoms with Gasteiger partial charge in [-0.3, -0.25) is 9.59 Å². The molecule has 154 valence electrons. The summed E-state index contributed by atoms with van der Waals surface area (Å²) < 4.78 is 39.8. The quantitative estimate of drug-likeness (QED) is 0.646. The Labute approximate surface area is 169 Å². The van der Waals surface area contributed by atoms with Crippen LogP contribution in [0.25, 0.3) is 5.69 Å². The number of hydrogen-bond acceptors (Lipinski definition) is 3. The monoisotopic (exact) mass is 414 g/mol. The van der Waals surface area contributed by atoms with Gasteiger partial charge in [-0.2, -0.15) is 18.3 Å². The predicted octanol–water partition coefficient (Wildman–Crippen LogP) is 4.49. The van der Waals surface area contributed by atoms with E-state index in [1.807, 2.05) is 0 Å². The molecule has 1 aliphatic rings.